The zero-order valence-corrected chi connectivity index (χ0v) is 25.2. The van der Waals surface area contributed by atoms with Crippen LogP contribution in [0.4, 0.5) is 5.69 Å². The number of rotatable bonds is 6. The summed E-state index contributed by atoms with van der Waals surface area (Å²) < 4.78 is 14.2. The summed E-state index contributed by atoms with van der Waals surface area (Å²) in [5.74, 6) is 0.0659. The van der Waals surface area contributed by atoms with Crippen molar-refractivity contribution in [2.24, 2.45) is 4.99 Å². The Balaban J connectivity index is 1.67. The molecule has 3 heterocycles. The van der Waals surface area contributed by atoms with Crippen molar-refractivity contribution in [3.05, 3.63) is 88.5 Å². The molecule has 5 rings (SSSR count). The number of hydrogen-bond donors (Lipinski definition) is 0. The molecule has 9 heteroatoms. The van der Waals surface area contributed by atoms with Gasteiger partial charge in [0.25, 0.3) is 5.56 Å². The van der Waals surface area contributed by atoms with Gasteiger partial charge in [0.05, 0.1) is 29.0 Å². The van der Waals surface area contributed by atoms with E-state index in [0.29, 0.717) is 31.9 Å². The third-order valence-electron chi connectivity index (χ3n) is 7.04. The van der Waals surface area contributed by atoms with Crippen LogP contribution in [0.25, 0.3) is 6.08 Å². The topological polar surface area (TPSA) is 73.1 Å². The van der Waals surface area contributed by atoms with Crippen LogP contribution in [0.15, 0.2) is 61.9 Å². The molecule has 1 fully saturated rings. The van der Waals surface area contributed by atoms with Crippen molar-refractivity contribution in [2.45, 2.75) is 52.7 Å². The number of esters is 1. The number of fused-ring (bicyclic) bond motifs is 1. The predicted octanol–water partition coefficient (Wildman–Crippen LogP) is 4.87. The smallest absolute Gasteiger partial charge is 0.338 e. The highest BCUT2D eigenvalue weighted by Crippen LogP contribution is 2.37. The fourth-order valence-corrected chi connectivity index (χ4v) is 6.73. The van der Waals surface area contributed by atoms with Gasteiger partial charge in [-0.2, -0.15) is 0 Å². The van der Waals surface area contributed by atoms with Crippen molar-refractivity contribution in [3.8, 4) is 5.75 Å². The lowest BCUT2D eigenvalue weighted by Gasteiger charge is -2.26. The van der Waals surface area contributed by atoms with Gasteiger partial charge < -0.3 is 14.4 Å². The Morgan fingerprint density at radius 1 is 1.15 bits per heavy atom. The van der Waals surface area contributed by atoms with Gasteiger partial charge in [0.1, 0.15) is 11.8 Å². The highest BCUT2D eigenvalue weighted by molar-refractivity contribution is 9.10. The number of methoxy groups -OCH3 is 1. The molecule has 0 radical (unpaired) electrons. The zero-order valence-electron chi connectivity index (χ0n) is 22.8. The number of nitrogens with zero attached hydrogens (tertiary/aromatic N) is 3. The zero-order chi connectivity index (χ0) is 27.8. The third kappa shape index (κ3) is 5.34. The summed E-state index contributed by atoms with van der Waals surface area (Å²) in [6.07, 6.45) is 4.03. The number of carbonyl (C=O) groups excluding carboxylic acids is 1. The molecule has 1 atom stereocenters. The third-order valence-corrected chi connectivity index (χ3v) is 8.51. The van der Waals surface area contributed by atoms with Gasteiger partial charge in [-0.05, 0) is 88.1 Å². The van der Waals surface area contributed by atoms with E-state index < -0.39 is 12.0 Å². The molecule has 2 aromatic carbocycles. The molecule has 0 saturated carbocycles. The minimum Gasteiger partial charge on any atom is -0.496 e. The van der Waals surface area contributed by atoms with E-state index in [-0.39, 0.29) is 11.7 Å². The average Bonchev–Trinajstić information content (AvgIpc) is 3.51. The normalized spacial score (nSPS) is 17.5. The Labute approximate surface area is 240 Å². The van der Waals surface area contributed by atoms with Gasteiger partial charge in [0.2, 0.25) is 0 Å². The highest BCUT2D eigenvalue weighted by atomic mass is 79.9. The maximum Gasteiger partial charge on any atom is 0.338 e. The number of aromatic nitrogens is 1. The van der Waals surface area contributed by atoms with E-state index in [1.165, 1.54) is 35.4 Å². The largest absolute Gasteiger partial charge is 0.496 e. The van der Waals surface area contributed by atoms with Crippen molar-refractivity contribution in [1.82, 2.24) is 4.57 Å². The molecule has 2 aliphatic heterocycles. The summed E-state index contributed by atoms with van der Waals surface area (Å²) in [5, 5.41) is 0. The molecule has 0 N–H and O–H groups in total. The lowest BCUT2D eigenvalue weighted by molar-refractivity contribution is -0.143. The van der Waals surface area contributed by atoms with E-state index in [0.717, 1.165) is 23.1 Å². The van der Waals surface area contributed by atoms with Crippen molar-refractivity contribution >= 4 is 45.0 Å². The minimum atomic E-state index is -0.749. The number of ether oxygens (including phenoxy) is 2. The van der Waals surface area contributed by atoms with Crippen LogP contribution < -0.4 is 24.5 Å². The van der Waals surface area contributed by atoms with Gasteiger partial charge in [-0.25, -0.2) is 9.79 Å². The molecule has 1 saturated heterocycles. The standard InChI is InChI=1S/C30H32BrN3O4S/c1-17(2)38-29(36)26-19(4)32-30-34(27(26)22-16-21(31)9-11-24(22)37-5)28(35)25(39-30)15-20-8-10-23(18(3)14-20)33-12-6-7-13-33/h8-11,14-17,27H,6-7,12-13H2,1-5H3/b25-15-/t27-/m0/s1. The molecule has 0 spiro atoms. The number of halogens is 1. The van der Waals surface area contributed by atoms with Crippen LogP contribution in [0.2, 0.25) is 0 Å². The molecule has 0 aliphatic carbocycles. The molecule has 0 bridgehead atoms. The molecule has 1 aromatic heterocycles. The van der Waals surface area contributed by atoms with Crippen LogP contribution in [0.1, 0.15) is 56.3 Å². The number of allylic oxidation sites excluding steroid dienone is 1. The summed E-state index contributed by atoms with van der Waals surface area (Å²) in [7, 11) is 1.58. The van der Waals surface area contributed by atoms with Crippen LogP contribution in [-0.2, 0) is 9.53 Å². The first-order valence-corrected chi connectivity index (χ1v) is 14.7. The number of anilines is 1. The van der Waals surface area contributed by atoms with Gasteiger partial charge in [0.15, 0.2) is 4.80 Å². The number of benzene rings is 2. The van der Waals surface area contributed by atoms with Gasteiger partial charge in [0, 0.05) is 28.8 Å². The van der Waals surface area contributed by atoms with Crippen LogP contribution >= 0.6 is 27.3 Å². The van der Waals surface area contributed by atoms with Gasteiger partial charge in [-0.1, -0.05) is 33.3 Å². The van der Waals surface area contributed by atoms with Crippen molar-refractivity contribution < 1.29 is 14.3 Å². The average molecular weight is 611 g/mol. The number of carbonyl (C=O) groups is 1. The lowest BCUT2D eigenvalue weighted by atomic mass is 9.95. The first-order chi connectivity index (χ1) is 18.7. The quantitative estimate of drug-likeness (QED) is 0.373. The first-order valence-electron chi connectivity index (χ1n) is 13.1. The second kappa shape index (κ2) is 11.1. The monoisotopic (exact) mass is 609 g/mol. The lowest BCUT2D eigenvalue weighted by Crippen LogP contribution is -2.40. The Morgan fingerprint density at radius 2 is 1.90 bits per heavy atom. The van der Waals surface area contributed by atoms with Gasteiger partial charge in [-0.3, -0.25) is 9.36 Å². The summed E-state index contributed by atoms with van der Waals surface area (Å²) in [6.45, 7) is 9.66. The Hall–Kier alpha value is -3.17. The van der Waals surface area contributed by atoms with Gasteiger partial charge in [-0.15, -0.1) is 0 Å². The van der Waals surface area contributed by atoms with Crippen molar-refractivity contribution in [1.29, 1.82) is 0 Å². The second-order valence-corrected chi connectivity index (χ2v) is 12.1. The summed E-state index contributed by atoms with van der Waals surface area (Å²) in [6, 6.07) is 11.1. The predicted molar refractivity (Wildman–Crippen MR) is 158 cm³/mol. The van der Waals surface area contributed by atoms with E-state index in [2.05, 4.69) is 46.0 Å². The molecule has 3 aromatic rings. The Bertz CT molecular complexity index is 1650. The van der Waals surface area contributed by atoms with Gasteiger partial charge >= 0.3 is 5.97 Å². The Kier molecular flexibility index (Phi) is 7.82. The fraction of sp³-hybridized carbons (Fsp3) is 0.367. The van der Waals surface area contributed by atoms with Crippen LogP contribution in [0.5, 0.6) is 5.75 Å². The van der Waals surface area contributed by atoms with Crippen LogP contribution in [0, 0.1) is 6.92 Å². The molecular weight excluding hydrogens is 578 g/mol. The number of hydrogen-bond acceptors (Lipinski definition) is 7. The molecule has 2 aliphatic rings. The summed E-state index contributed by atoms with van der Waals surface area (Å²) >= 11 is 4.86. The maximum absolute atomic E-state index is 14.0. The van der Waals surface area contributed by atoms with Crippen molar-refractivity contribution in [3.63, 3.8) is 0 Å². The molecule has 0 amide bonds. The first kappa shape index (κ1) is 27.4. The highest BCUT2D eigenvalue weighted by Gasteiger charge is 2.35. The van der Waals surface area contributed by atoms with E-state index >= 15 is 0 Å². The Morgan fingerprint density at radius 3 is 2.56 bits per heavy atom. The summed E-state index contributed by atoms with van der Waals surface area (Å²) in [5.41, 5.74) is 4.69. The minimum absolute atomic E-state index is 0.214. The molecule has 204 valence electrons. The van der Waals surface area contributed by atoms with E-state index in [1.54, 1.807) is 32.4 Å². The molecule has 39 heavy (non-hydrogen) atoms. The maximum atomic E-state index is 14.0. The van der Waals surface area contributed by atoms with E-state index in [9.17, 15) is 9.59 Å². The fourth-order valence-electron chi connectivity index (χ4n) is 5.31. The van der Waals surface area contributed by atoms with Crippen LogP contribution in [-0.4, -0.2) is 36.8 Å². The number of thiazole rings is 1. The SMILES string of the molecule is COc1ccc(Br)cc1[C@H]1C(C(=O)OC(C)C)=C(C)N=c2s/c(=C\c3ccc(N4CCCC4)c(C)c3)c(=O)n21. The van der Waals surface area contributed by atoms with E-state index in [1.807, 2.05) is 24.3 Å². The second-order valence-electron chi connectivity index (χ2n) is 10.2. The summed E-state index contributed by atoms with van der Waals surface area (Å²) in [4.78, 5) is 35.0. The van der Waals surface area contributed by atoms with Crippen LogP contribution in [0.3, 0.4) is 0 Å². The molecule has 7 nitrogen and oxygen atoms in total. The van der Waals surface area contributed by atoms with Crippen molar-refractivity contribution in [2.75, 3.05) is 25.1 Å². The molecular formula is C30H32BrN3O4S. The van der Waals surface area contributed by atoms with E-state index in [4.69, 9.17) is 14.5 Å². The number of aryl methyl sites for hydroxylation is 1. The molecule has 0 unspecified atom stereocenters.